The summed E-state index contributed by atoms with van der Waals surface area (Å²) in [5.41, 5.74) is 2.90. The van der Waals surface area contributed by atoms with Gasteiger partial charge in [0.05, 0.1) is 17.2 Å². The van der Waals surface area contributed by atoms with Crippen LogP contribution in [0.2, 0.25) is 0 Å². The molecule has 0 bridgehead atoms. The van der Waals surface area contributed by atoms with Gasteiger partial charge >= 0.3 is 0 Å². The molecule has 1 heterocycles. The Morgan fingerprint density at radius 1 is 1.00 bits per heavy atom. The van der Waals surface area contributed by atoms with Gasteiger partial charge in [0.15, 0.2) is 0 Å². The highest BCUT2D eigenvalue weighted by Crippen LogP contribution is 2.26. The standard InChI is InChI=1S/C18H18N2O3S/c1-2-23-16-9-5-14(6-10-16)18-4-3-13-20(18)15-7-11-17(12-8-15)24(19,21)22/h3-13H,2H2,1H3,(H2,19,21,22). The highest BCUT2D eigenvalue weighted by Gasteiger charge is 2.10. The van der Waals surface area contributed by atoms with Gasteiger partial charge in [-0.25, -0.2) is 13.6 Å². The van der Waals surface area contributed by atoms with Crippen LogP contribution in [-0.2, 0) is 10.0 Å². The maximum atomic E-state index is 11.4. The molecule has 0 atom stereocenters. The van der Waals surface area contributed by atoms with E-state index < -0.39 is 10.0 Å². The highest BCUT2D eigenvalue weighted by molar-refractivity contribution is 7.89. The quantitative estimate of drug-likeness (QED) is 0.774. The summed E-state index contributed by atoms with van der Waals surface area (Å²) in [5, 5.41) is 5.14. The number of nitrogens with zero attached hydrogens (tertiary/aromatic N) is 1. The second-order valence-electron chi connectivity index (χ2n) is 5.26. The van der Waals surface area contributed by atoms with E-state index in [9.17, 15) is 8.42 Å². The monoisotopic (exact) mass is 342 g/mol. The molecular formula is C18H18N2O3S. The SMILES string of the molecule is CCOc1ccc(-c2cccn2-c2ccc(S(N)(=O)=O)cc2)cc1. The van der Waals surface area contributed by atoms with Crippen molar-refractivity contribution in [3.8, 4) is 22.7 Å². The Balaban J connectivity index is 1.95. The van der Waals surface area contributed by atoms with Crippen molar-refractivity contribution in [1.29, 1.82) is 0 Å². The fourth-order valence-electron chi connectivity index (χ4n) is 2.53. The minimum absolute atomic E-state index is 0.0982. The van der Waals surface area contributed by atoms with Crippen LogP contribution in [0.5, 0.6) is 5.75 Å². The van der Waals surface area contributed by atoms with Gasteiger partial charge in [0.2, 0.25) is 10.0 Å². The molecule has 2 N–H and O–H groups in total. The van der Waals surface area contributed by atoms with Crippen molar-refractivity contribution >= 4 is 10.0 Å². The molecule has 5 nitrogen and oxygen atoms in total. The summed E-state index contributed by atoms with van der Waals surface area (Å²) in [6, 6.07) is 18.3. The van der Waals surface area contributed by atoms with E-state index in [1.165, 1.54) is 12.1 Å². The number of ether oxygens (including phenoxy) is 1. The lowest BCUT2D eigenvalue weighted by Crippen LogP contribution is -2.12. The van der Waals surface area contributed by atoms with E-state index >= 15 is 0 Å². The molecule has 0 amide bonds. The molecule has 0 saturated carbocycles. The Morgan fingerprint density at radius 2 is 1.67 bits per heavy atom. The van der Waals surface area contributed by atoms with E-state index in [1.54, 1.807) is 12.1 Å². The summed E-state index contributed by atoms with van der Waals surface area (Å²) < 4.78 is 30.2. The average molecular weight is 342 g/mol. The molecule has 1 aromatic heterocycles. The van der Waals surface area contributed by atoms with Gasteiger partial charge < -0.3 is 9.30 Å². The van der Waals surface area contributed by atoms with E-state index in [0.717, 1.165) is 22.7 Å². The van der Waals surface area contributed by atoms with Gasteiger partial charge in [0.1, 0.15) is 5.75 Å². The van der Waals surface area contributed by atoms with Crippen molar-refractivity contribution in [3.05, 3.63) is 66.9 Å². The second-order valence-corrected chi connectivity index (χ2v) is 6.82. The largest absolute Gasteiger partial charge is 0.494 e. The van der Waals surface area contributed by atoms with Crippen LogP contribution in [0.15, 0.2) is 71.8 Å². The molecule has 24 heavy (non-hydrogen) atoms. The molecule has 0 unspecified atom stereocenters. The molecule has 0 aliphatic rings. The topological polar surface area (TPSA) is 74.3 Å². The highest BCUT2D eigenvalue weighted by atomic mass is 32.2. The molecule has 2 aromatic carbocycles. The Labute approximate surface area is 141 Å². The van der Waals surface area contributed by atoms with E-state index in [1.807, 2.05) is 54.1 Å². The zero-order chi connectivity index (χ0) is 17.2. The van der Waals surface area contributed by atoms with Crippen molar-refractivity contribution in [1.82, 2.24) is 4.57 Å². The van der Waals surface area contributed by atoms with Gasteiger partial charge in [-0.05, 0) is 73.2 Å². The van der Waals surface area contributed by atoms with Gasteiger partial charge in [0.25, 0.3) is 0 Å². The molecule has 0 fully saturated rings. The summed E-state index contributed by atoms with van der Waals surface area (Å²) in [4.78, 5) is 0.0982. The third-order valence-electron chi connectivity index (χ3n) is 3.65. The van der Waals surface area contributed by atoms with Crippen LogP contribution in [0.4, 0.5) is 0 Å². The van der Waals surface area contributed by atoms with Crippen molar-refractivity contribution in [2.24, 2.45) is 5.14 Å². The fraction of sp³-hybridized carbons (Fsp3) is 0.111. The molecule has 3 rings (SSSR count). The van der Waals surface area contributed by atoms with Gasteiger partial charge in [-0.15, -0.1) is 0 Å². The third kappa shape index (κ3) is 3.34. The average Bonchev–Trinajstić information content (AvgIpc) is 3.05. The predicted octanol–water partition coefficient (Wildman–Crippen LogP) is 3.19. The molecule has 0 aliphatic carbocycles. The predicted molar refractivity (Wildman–Crippen MR) is 93.7 cm³/mol. The number of hydrogen-bond donors (Lipinski definition) is 1. The maximum absolute atomic E-state index is 11.4. The second kappa shape index (κ2) is 6.51. The first-order valence-electron chi connectivity index (χ1n) is 7.53. The fourth-order valence-corrected chi connectivity index (χ4v) is 3.04. The number of nitrogens with two attached hydrogens (primary N) is 1. The Kier molecular flexibility index (Phi) is 4.42. The smallest absolute Gasteiger partial charge is 0.238 e. The summed E-state index contributed by atoms with van der Waals surface area (Å²) in [5.74, 6) is 0.830. The van der Waals surface area contributed by atoms with Gasteiger partial charge in [-0.1, -0.05) is 0 Å². The minimum atomic E-state index is -3.68. The van der Waals surface area contributed by atoms with E-state index in [4.69, 9.17) is 9.88 Å². The number of sulfonamides is 1. The van der Waals surface area contributed by atoms with Crippen molar-refractivity contribution < 1.29 is 13.2 Å². The van der Waals surface area contributed by atoms with Crippen LogP contribution in [0.25, 0.3) is 16.9 Å². The third-order valence-corrected chi connectivity index (χ3v) is 4.58. The lowest BCUT2D eigenvalue weighted by Gasteiger charge is -2.11. The zero-order valence-corrected chi connectivity index (χ0v) is 14.0. The lowest BCUT2D eigenvalue weighted by atomic mass is 10.1. The first-order chi connectivity index (χ1) is 11.5. The molecular weight excluding hydrogens is 324 g/mol. The molecule has 0 radical (unpaired) electrons. The van der Waals surface area contributed by atoms with Gasteiger partial charge in [-0.2, -0.15) is 0 Å². The Bertz CT molecular complexity index is 927. The molecule has 0 aliphatic heterocycles. The van der Waals surface area contributed by atoms with E-state index in [-0.39, 0.29) is 4.90 Å². The van der Waals surface area contributed by atoms with Crippen LogP contribution >= 0.6 is 0 Å². The van der Waals surface area contributed by atoms with Crippen molar-refractivity contribution in [3.63, 3.8) is 0 Å². The number of benzene rings is 2. The van der Waals surface area contributed by atoms with Gasteiger partial charge in [-0.3, -0.25) is 0 Å². The van der Waals surface area contributed by atoms with Crippen LogP contribution < -0.4 is 9.88 Å². The van der Waals surface area contributed by atoms with Crippen molar-refractivity contribution in [2.75, 3.05) is 6.61 Å². The van der Waals surface area contributed by atoms with Crippen LogP contribution in [0.1, 0.15) is 6.92 Å². The molecule has 0 saturated heterocycles. The lowest BCUT2D eigenvalue weighted by molar-refractivity contribution is 0.340. The van der Waals surface area contributed by atoms with Crippen LogP contribution in [0, 0.1) is 0 Å². The maximum Gasteiger partial charge on any atom is 0.238 e. The summed E-state index contributed by atoms with van der Waals surface area (Å²) in [6.07, 6.45) is 1.93. The number of hydrogen-bond acceptors (Lipinski definition) is 3. The minimum Gasteiger partial charge on any atom is -0.494 e. The molecule has 124 valence electrons. The zero-order valence-electron chi connectivity index (χ0n) is 13.2. The molecule has 6 heteroatoms. The van der Waals surface area contributed by atoms with Gasteiger partial charge in [0, 0.05) is 11.9 Å². The number of primary sulfonamides is 1. The Hall–Kier alpha value is -2.57. The first kappa shape index (κ1) is 16.3. The first-order valence-corrected chi connectivity index (χ1v) is 9.07. The molecule has 3 aromatic rings. The van der Waals surface area contributed by atoms with Crippen LogP contribution in [0.3, 0.4) is 0 Å². The summed E-state index contributed by atoms with van der Waals surface area (Å²) in [6.45, 7) is 2.58. The van der Waals surface area contributed by atoms with Crippen molar-refractivity contribution in [2.45, 2.75) is 11.8 Å². The number of rotatable bonds is 5. The molecule has 0 spiro atoms. The summed E-state index contributed by atoms with van der Waals surface area (Å²) in [7, 11) is -3.68. The van der Waals surface area contributed by atoms with E-state index in [2.05, 4.69) is 0 Å². The summed E-state index contributed by atoms with van der Waals surface area (Å²) >= 11 is 0. The Morgan fingerprint density at radius 3 is 2.25 bits per heavy atom. The normalized spacial score (nSPS) is 11.4. The number of aromatic nitrogens is 1. The van der Waals surface area contributed by atoms with Crippen LogP contribution in [-0.4, -0.2) is 19.6 Å². The van der Waals surface area contributed by atoms with E-state index in [0.29, 0.717) is 6.61 Å².